The Hall–Kier alpha value is -7.46. The summed E-state index contributed by atoms with van der Waals surface area (Å²) in [6.45, 7) is 24.0. The SMILES string of the molecule is CC(C)C[C@H](NC(=O)[C@H](CCc1ccccc1)CC(=O)CN1CCOCC1)C(=O)C[C@@H](Cc1ccccc1)C(=O)N[C@@H](CC(C)C)C(=O)[C@@]1(C)CO1.CC(C)C[C@H](NC(=O)[C@H](CCc1ccccc1)CC(=O)C[N+]1(O)CCOCC1)C(=O)C[C@@H](Cc1ccccc1)C(=O)N[C@@H](CC(C)C)C(=O)C1(C)CC1. The minimum Gasteiger partial charge on any atom is -0.379 e. The molecule has 1 aliphatic carbocycles. The maximum atomic E-state index is 14.2. The van der Waals surface area contributed by atoms with Gasteiger partial charge in [0.1, 0.15) is 24.5 Å². The quantitative estimate of drug-likeness (QED) is 0.0203. The number of hydrogen-bond donors (Lipinski definition) is 5. The highest BCUT2D eigenvalue weighted by molar-refractivity contribution is 5.99. The van der Waals surface area contributed by atoms with Crippen molar-refractivity contribution < 1.29 is 72.0 Å². The van der Waals surface area contributed by atoms with E-state index in [9.17, 15) is 53.2 Å². The molecule has 4 aromatic carbocycles. The van der Waals surface area contributed by atoms with E-state index in [1.54, 1.807) is 6.92 Å². The van der Waals surface area contributed by atoms with Crippen LogP contribution in [0.2, 0.25) is 0 Å². The number of benzene rings is 4. The molecule has 0 aromatic heterocycles. The predicted octanol–water partition coefficient (Wildman–Crippen LogP) is 10.4. The van der Waals surface area contributed by atoms with E-state index >= 15 is 0 Å². The van der Waals surface area contributed by atoms with Crippen LogP contribution in [0.3, 0.4) is 0 Å². The molecule has 5 N–H and O–H groups in total. The zero-order chi connectivity index (χ0) is 76.3. The van der Waals surface area contributed by atoms with Crippen LogP contribution in [0.1, 0.15) is 169 Å². The zero-order valence-electron chi connectivity index (χ0n) is 64.2. The van der Waals surface area contributed by atoms with Crippen LogP contribution in [0.4, 0.5) is 0 Å². The van der Waals surface area contributed by atoms with Crippen molar-refractivity contribution in [2.45, 2.75) is 202 Å². The summed E-state index contributed by atoms with van der Waals surface area (Å²) in [5, 5.41) is 23.1. The molecule has 8 rings (SSSR count). The van der Waals surface area contributed by atoms with Crippen LogP contribution < -0.4 is 21.3 Å². The van der Waals surface area contributed by atoms with Crippen LogP contribution in [0.15, 0.2) is 121 Å². The third-order valence-electron chi connectivity index (χ3n) is 20.7. The molecule has 20 nitrogen and oxygen atoms in total. The minimum absolute atomic E-state index is 0.0163. The fourth-order valence-electron chi connectivity index (χ4n) is 14.1. The lowest BCUT2D eigenvalue weighted by molar-refractivity contribution is -1.10. The molecule has 3 heterocycles. The van der Waals surface area contributed by atoms with Crippen LogP contribution in [0.5, 0.6) is 0 Å². The Bertz CT molecular complexity index is 3440. The van der Waals surface area contributed by atoms with Crippen molar-refractivity contribution in [3.63, 3.8) is 0 Å². The number of ketones is 6. The topological polar surface area (TPSA) is 273 Å². The van der Waals surface area contributed by atoms with Gasteiger partial charge >= 0.3 is 0 Å². The number of hydrogen-bond acceptors (Lipinski definition) is 15. The Kier molecular flexibility index (Phi) is 33.6. The molecule has 0 unspecified atom stereocenters. The summed E-state index contributed by atoms with van der Waals surface area (Å²) in [6.07, 6.45) is 5.78. The Morgan fingerprint density at radius 1 is 0.448 bits per heavy atom. The number of ether oxygens (including phenoxy) is 3. The van der Waals surface area contributed by atoms with Crippen LogP contribution >= 0.6 is 0 Å². The second-order valence-electron chi connectivity index (χ2n) is 32.3. The van der Waals surface area contributed by atoms with E-state index in [1.807, 2.05) is 184 Å². The first kappa shape index (κ1) is 84.8. The highest BCUT2D eigenvalue weighted by atomic mass is 16.6. The number of rotatable bonds is 44. The van der Waals surface area contributed by atoms with Crippen LogP contribution in [0.25, 0.3) is 0 Å². The molecule has 20 heteroatoms. The molecule has 0 spiro atoms. The van der Waals surface area contributed by atoms with Gasteiger partial charge < -0.3 is 35.5 Å². The third kappa shape index (κ3) is 29.3. The number of quaternary nitrogens is 1. The van der Waals surface area contributed by atoms with Gasteiger partial charge in [-0.3, -0.25) is 52.8 Å². The van der Waals surface area contributed by atoms with E-state index in [0.717, 1.165) is 35.1 Å². The van der Waals surface area contributed by atoms with Gasteiger partial charge in [0.05, 0.1) is 63.7 Å². The van der Waals surface area contributed by atoms with Gasteiger partial charge in [-0.05, 0) is 130 Å². The van der Waals surface area contributed by atoms with E-state index < -0.39 is 63.5 Å². The molecule has 3 aliphatic heterocycles. The normalized spacial score (nSPS) is 19.1. The van der Waals surface area contributed by atoms with Gasteiger partial charge in [0.25, 0.3) is 0 Å². The van der Waals surface area contributed by atoms with Crippen molar-refractivity contribution in [2.75, 3.05) is 72.3 Å². The molecule has 0 bridgehead atoms. The summed E-state index contributed by atoms with van der Waals surface area (Å²) in [5.74, 6) is -4.65. The molecular weight excluding hydrogens is 1330 g/mol. The molecule has 1 saturated carbocycles. The van der Waals surface area contributed by atoms with Crippen molar-refractivity contribution in [3.8, 4) is 0 Å². The molecule has 4 fully saturated rings. The van der Waals surface area contributed by atoms with E-state index in [0.29, 0.717) is 123 Å². The molecule has 9 atom stereocenters. The average molecular weight is 1450 g/mol. The Morgan fingerprint density at radius 2 is 0.790 bits per heavy atom. The van der Waals surface area contributed by atoms with Gasteiger partial charge in [0.2, 0.25) is 23.6 Å². The lowest BCUT2D eigenvalue weighted by Gasteiger charge is -2.33. The number of aryl methyl sites for hydroxylation is 2. The molecule has 4 amide bonds. The van der Waals surface area contributed by atoms with E-state index in [-0.39, 0.29) is 121 Å². The highest BCUT2D eigenvalue weighted by Crippen LogP contribution is 2.47. The zero-order valence-corrected chi connectivity index (χ0v) is 64.2. The number of carbonyl (C=O) groups is 10. The summed E-state index contributed by atoms with van der Waals surface area (Å²) in [5.41, 5.74) is 2.58. The van der Waals surface area contributed by atoms with Gasteiger partial charge in [-0.25, -0.2) is 5.21 Å². The first-order valence-electron chi connectivity index (χ1n) is 38.6. The third-order valence-corrected chi connectivity index (χ3v) is 20.7. The number of epoxide rings is 1. The van der Waals surface area contributed by atoms with Crippen LogP contribution in [-0.4, -0.2) is 175 Å². The standard InChI is InChI=1S/C43H61N3O7.C42H59N3O7/c1-30(2)24-37(44-41(50)34(17-16-32-12-8-6-9-13-32)27-36(47)29-46(52)20-22-53-23-21-46)39(48)28-35(26-33-14-10-7-11-15-33)42(51)45-38(25-31(3)4)40(49)43(5)18-19-43;1-29(2)22-36(43-40(49)33(17-16-31-12-8-6-9-13-31)25-35(46)27-45-18-20-51-21-19-45)38(47)26-34(24-32-14-10-7-11-15-32)41(50)44-37(23-30(3)4)39(48)42(5)28-52-42/h6-15,30-31,34-35,37-38,52H,16-29H2,1-5H3,(H-,44,45,50,51);6-15,29-30,33-34,36-37H,16-28H2,1-5H3,(H,43,49)(H,44,50)/p+1/t34-,35-,37+,38+;33-,34-,36+,37+,42-/m11/s1. The summed E-state index contributed by atoms with van der Waals surface area (Å²) in [4.78, 5) is 140. The number of amides is 4. The summed E-state index contributed by atoms with van der Waals surface area (Å²) in [7, 11) is 0. The first-order chi connectivity index (χ1) is 50.0. The number of Topliss-reactive ketones (excluding diaryl/α,β-unsaturated/α-hetero) is 6. The van der Waals surface area contributed by atoms with Crippen molar-refractivity contribution >= 4 is 58.3 Å². The van der Waals surface area contributed by atoms with Crippen molar-refractivity contribution in [2.24, 2.45) is 52.8 Å². The highest BCUT2D eigenvalue weighted by Gasteiger charge is 2.51. The van der Waals surface area contributed by atoms with Gasteiger partial charge in [-0.2, -0.15) is 4.65 Å². The molecular formula is C85H121N6O14+. The van der Waals surface area contributed by atoms with Gasteiger partial charge in [0.15, 0.2) is 35.5 Å². The maximum absolute atomic E-state index is 14.2. The van der Waals surface area contributed by atoms with Crippen molar-refractivity contribution in [1.29, 1.82) is 0 Å². The molecule has 105 heavy (non-hydrogen) atoms. The Balaban J connectivity index is 0.000000293. The monoisotopic (exact) mass is 1450 g/mol. The second kappa shape index (κ2) is 41.6. The lowest BCUT2D eigenvalue weighted by Crippen LogP contribution is -2.55. The van der Waals surface area contributed by atoms with E-state index in [1.165, 1.54) is 0 Å². The minimum atomic E-state index is -0.898. The average Bonchev–Trinajstić information content (AvgIpc) is 1.65. The summed E-state index contributed by atoms with van der Waals surface area (Å²) >= 11 is 0. The lowest BCUT2D eigenvalue weighted by atomic mass is 9.87. The Morgan fingerprint density at radius 3 is 1.17 bits per heavy atom. The van der Waals surface area contributed by atoms with Crippen molar-refractivity contribution in [1.82, 2.24) is 26.2 Å². The first-order valence-corrected chi connectivity index (χ1v) is 38.6. The predicted molar refractivity (Wildman–Crippen MR) is 404 cm³/mol. The maximum Gasteiger partial charge on any atom is 0.224 e. The van der Waals surface area contributed by atoms with Gasteiger partial charge in [-0.1, -0.05) is 184 Å². The summed E-state index contributed by atoms with van der Waals surface area (Å²) in [6, 6.07) is 35.6. The fourth-order valence-corrected chi connectivity index (χ4v) is 14.1. The van der Waals surface area contributed by atoms with Crippen LogP contribution in [-0.2, 0) is 87.8 Å². The molecule has 0 radical (unpaired) electrons. The van der Waals surface area contributed by atoms with Crippen LogP contribution in [0, 0.1) is 52.8 Å². The van der Waals surface area contributed by atoms with E-state index in [2.05, 4.69) is 26.2 Å². The number of nitrogens with one attached hydrogen (secondary N) is 4. The summed E-state index contributed by atoms with van der Waals surface area (Å²) < 4.78 is 15.8. The van der Waals surface area contributed by atoms with Crippen molar-refractivity contribution in [3.05, 3.63) is 144 Å². The Labute approximate surface area is 623 Å². The molecule has 3 saturated heterocycles. The largest absolute Gasteiger partial charge is 0.379 e. The number of morpholine rings is 2. The molecule has 574 valence electrons. The fraction of sp³-hybridized carbons (Fsp3) is 0.600. The van der Waals surface area contributed by atoms with Gasteiger partial charge in [0, 0.05) is 67.9 Å². The second-order valence-corrected chi connectivity index (χ2v) is 32.3. The smallest absolute Gasteiger partial charge is 0.224 e. The molecule has 4 aliphatic rings. The van der Waals surface area contributed by atoms with E-state index in [4.69, 9.17) is 14.2 Å². The number of carbonyl (C=O) groups excluding carboxylic acids is 10. The number of nitrogens with zero attached hydrogens (tertiary/aromatic N) is 2. The molecule has 4 aromatic rings. The number of hydroxylamine groups is 3. The van der Waals surface area contributed by atoms with Gasteiger partial charge in [-0.15, -0.1) is 0 Å².